The second-order valence-corrected chi connectivity index (χ2v) is 10.5. The number of nitrogens with zero attached hydrogens (tertiary/aromatic N) is 2. The van der Waals surface area contributed by atoms with Crippen LogP contribution >= 0.6 is 12.6 Å². The number of benzene rings is 2. The molecule has 2 heterocycles. The zero-order chi connectivity index (χ0) is 26.1. The largest absolute Gasteiger partial charge is 0.344 e. The summed E-state index contributed by atoms with van der Waals surface area (Å²) in [6.07, 6.45) is 9.13. The number of aromatic nitrogens is 2. The third kappa shape index (κ3) is 4.30. The first-order valence-electron chi connectivity index (χ1n) is 11.8. The fraction of sp³-hybridized carbons (Fsp3) is 0.321. The van der Waals surface area contributed by atoms with E-state index in [1.807, 2.05) is 24.7 Å². The second-order valence-electron chi connectivity index (χ2n) is 8.56. The number of sulfone groups is 1. The van der Waals surface area contributed by atoms with E-state index in [4.69, 9.17) is 4.74 Å². The number of epoxide rings is 1. The third-order valence-electron chi connectivity index (χ3n) is 6.62. The summed E-state index contributed by atoms with van der Waals surface area (Å²) >= 11 is 3.53. The molecule has 8 heteroatoms. The molecule has 0 amide bonds. The minimum absolute atomic E-state index is 0.235. The molecular weight excluding hydrogens is 495 g/mol. The molecule has 188 valence electrons. The molecule has 6 rings (SSSR count). The fourth-order valence-corrected chi connectivity index (χ4v) is 5.84. The highest BCUT2D eigenvalue weighted by atomic mass is 32.2. The van der Waals surface area contributed by atoms with Crippen LogP contribution in [0.4, 0.5) is 4.39 Å². The SMILES string of the molecule is CC.CS.CS(=O)(=O)c1ccccc1C#CC12CCC3=Cc4c(cnn4-c4ccc(F)cc4)CC31O2. The van der Waals surface area contributed by atoms with Gasteiger partial charge in [-0.1, -0.05) is 37.8 Å². The minimum Gasteiger partial charge on any atom is -0.344 e. The predicted molar refractivity (Wildman–Crippen MR) is 144 cm³/mol. The first-order valence-corrected chi connectivity index (χ1v) is 14.6. The van der Waals surface area contributed by atoms with Gasteiger partial charge in [0.25, 0.3) is 0 Å². The van der Waals surface area contributed by atoms with Crippen LogP contribution in [0.15, 0.2) is 65.2 Å². The molecule has 2 unspecified atom stereocenters. The van der Waals surface area contributed by atoms with Crippen molar-refractivity contribution in [3.63, 3.8) is 0 Å². The van der Waals surface area contributed by atoms with Crippen LogP contribution in [-0.4, -0.2) is 41.9 Å². The van der Waals surface area contributed by atoms with Gasteiger partial charge in [0, 0.05) is 23.8 Å². The van der Waals surface area contributed by atoms with Gasteiger partial charge >= 0.3 is 0 Å². The number of hydrogen-bond acceptors (Lipinski definition) is 5. The van der Waals surface area contributed by atoms with E-state index in [1.54, 1.807) is 42.7 Å². The molecule has 0 radical (unpaired) electrons. The smallest absolute Gasteiger partial charge is 0.176 e. The van der Waals surface area contributed by atoms with Crippen molar-refractivity contribution in [2.24, 2.45) is 0 Å². The molecule has 1 saturated heterocycles. The predicted octanol–water partition coefficient (Wildman–Crippen LogP) is 5.28. The topological polar surface area (TPSA) is 64.5 Å². The van der Waals surface area contributed by atoms with Gasteiger partial charge in [0.2, 0.25) is 0 Å². The highest BCUT2D eigenvalue weighted by Crippen LogP contribution is 2.65. The Balaban J connectivity index is 0.000000726. The van der Waals surface area contributed by atoms with Crippen LogP contribution in [0.5, 0.6) is 0 Å². The average Bonchev–Trinajstić information content (AvgIpc) is 3.16. The highest BCUT2D eigenvalue weighted by Gasteiger charge is 2.75. The summed E-state index contributed by atoms with van der Waals surface area (Å²) in [5, 5.41) is 4.52. The Labute approximate surface area is 217 Å². The van der Waals surface area contributed by atoms with Crippen LogP contribution in [0.2, 0.25) is 0 Å². The Kier molecular flexibility index (Phi) is 7.20. The number of hydrogen-bond donors (Lipinski definition) is 1. The summed E-state index contributed by atoms with van der Waals surface area (Å²) in [5.74, 6) is 6.09. The van der Waals surface area contributed by atoms with Crippen molar-refractivity contribution in [3.05, 3.63) is 82.9 Å². The number of rotatable bonds is 2. The van der Waals surface area contributed by atoms with E-state index in [2.05, 4.69) is 35.6 Å². The van der Waals surface area contributed by atoms with Crippen LogP contribution in [0.3, 0.4) is 0 Å². The summed E-state index contributed by atoms with van der Waals surface area (Å²) < 4.78 is 45.6. The molecule has 2 atom stereocenters. The normalized spacial score (nSPS) is 22.7. The quantitative estimate of drug-likeness (QED) is 0.282. The van der Waals surface area contributed by atoms with Gasteiger partial charge in [-0.25, -0.2) is 17.5 Å². The average molecular weight is 525 g/mol. The molecule has 1 aliphatic heterocycles. The molecule has 2 fully saturated rings. The zero-order valence-corrected chi connectivity index (χ0v) is 22.5. The maximum atomic E-state index is 13.3. The molecule has 0 N–H and O–H groups in total. The lowest BCUT2D eigenvalue weighted by Gasteiger charge is -2.19. The Morgan fingerprint density at radius 2 is 1.81 bits per heavy atom. The minimum atomic E-state index is -3.37. The van der Waals surface area contributed by atoms with Gasteiger partial charge in [-0.2, -0.15) is 17.7 Å². The van der Waals surface area contributed by atoms with Crippen molar-refractivity contribution < 1.29 is 17.5 Å². The van der Waals surface area contributed by atoms with Gasteiger partial charge in [-0.15, -0.1) is 0 Å². The van der Waals surface area contributed by atoms with E-state index in [-0.39, 0.29) is 10.7 Å². The standard InChI is InChI=1S/C25H19FN2O3S.C2H6.CH4S/c1-32(29,30)23-5-3-2-4-17(23)10-12-24-13-11-19-14-22-18(15-25(19,24)31-24)16-27-28(22)21-8-6-20(26)7-9-21;2*1-2/h2-9,14,16H,11,13,15H2,1H3;1-2H3;2H,1H3. The van der Waals surface area contributed by atoms with Crippen molar-refractivity contribution in [2.45, 2.75) is 49.2 Å². The molecule has 3 aromatic rings. The zero-order valence-electron chi connectivity index (χ0n) is 20.7. The first kappa shape index (κ1) is 26.2. The number of thiol groups is 1. The summed E-state index contributed by atoms with van der Waals surface area (Å²) in [6.45, 7) is 4.00. The molecule has 2 aliphatic carbocycles. The third-order valence-corrected chi connectivity index (χ3v) is 7.77. The van der Waals surface area contributed by atoms with Gasteiger partial charge in [0.05, 0.1) is 22.5 Å². The van der Waals surface area contributed by atoms with Crippen LogP contribution in [-0.2, 0) is 21.0 Å². The lowest BCUT2D eigenvalue weighted by molar-refractivity contribution is 0.271. The summed E-state index contributed by atoms with van der Waals surface area (Å²) in [5.41, 5.74) is 3.45. The molecule has 1 aromatic heterocycles. The Morgan fingerprint density at radius 3 is 2.50 bits per heavy atom. The molecule has 3 aliphatic rings. The lowest BCUT2D eigenvalue weighted by atomic mass is 9.83. The number of ether oxygens (including phenoxy) is 1. The molecule has 1 spiro atoms. The molecule has 36 heavy (non-hydrogen) atoms. The van der Waals surface area contributed by atoms with E-state index in [0.717, 1.165) is 29.8 Å². The number of halogens is 1. The van der Waals surface area contributed by atoms with E-state index < -0.39 is 21.0 Å². The lowest BCUT2D eigenvalue weighted by Crippen LogP contribution is -2.25. The molecule has 0 bridgehead atoms. The van der Waals surface area contributed by atoms with Crippen LogP contribution in [0.1, 0.15) is 43.5 Å². The van der Waals surface area contributed by atoms with E-state index >= 15 is 0 Å². The molecule has 5 nitrogen and oxygen atoms in total. The van der Waals surface area contributed by atoms with E-state index in [0.29, 0.717) is 12.0 Å². The first-order chi connectivity index (χ1) is 17.3. The maximum absolute atomic E-state index is 13.3. The van der Waals surface area contributed by atoms with Crippen molar-refractivity contribution in [1.82, 2.24) is 9.78 Å². The van der Waals surface area contributed by atoms with Crippen LogP contribution in [0.25, 0.3) is 11.8 Å². The van der Waals surface area contributed by atoms with Gasteiger partial charge in [0.15, 0.2) is 15.4 Å². The van der Waals surface area contributed by atoms with Crippen molar-refractivity contribution in [1.29, 1.82) is 0 Å². The van der Waals surface area contributed by atoms with Gasteiger partial charge < -0.3 is 4.74 Å². The Bertz CT molecular complexity index is 1480. The molecule has 1 saturated carbocycles. The highest BCUT2D eigenvalue weighted by molar-refractivity contribution is 7.90. The van der Waals surface area contributed by atoms with Crippen molar-refractivity contribution in [2.75, 3.05) is 12.5 Å². The van der Waals surface area contributed by atoms with Gasteiger partial charge in [0.1, 0.15) is 11.4 Å². The van der Waals surface area contributed by atoms with Crippen LogP contribution < -0.4 is 0 Å². The van der Waals surface area contributed by atoms with Crippen LogP contribution in [0, 0.1) is 17.7 Å². The monoisotopic (exact) mass is 524 g/mol. The maximum Gasteiger partial charge on any atom is 0.176 e. The Hall–Kier alpha value is -2.86. The Morgan fingerprint density at radius 1 is 1.11 bits per heavy atom. The summed E-state index contributed by atoms with van der Waals surface area (Å²) in [4.78, 5) is 0.235. The second kappa shape index (κ2) is 9.89. The van der Waals surface area contributed by atoms with Crippen molar-refractivity contribution in [3.8, 4) is 17.5 Å². The van der Waals surface area contributed by atoms with E-state index in [1.165, 1.54) is 24.0 Å². The van der Waals surface area contributed by atoms with E-state index in [9.17, 15) is 12.8 Å². The summed E-state index contributed by atoms with van der Waals surface area (Å²) in [6, 6.07) is 13.1. The van der Waals surface area contributed by atoms with Crippen molar-refractivity contribution >= 4 is 28.5 Å². The fourth-order valence-electron chi connectivity index (χ4n) is 5.00. The molecule has 2 aromatic carbocycles. The van der Waals surface area contributed by atoms with Gasteiger partial charge in [-0.3, -0.25) is 0 Å². The van der Waals surface area contributed by atoms with Gasteiger partial charge in [-0.05, 0) is 67.1 Å². The summed E-state index contributed by atoms with van der Waals surface area (Å²) in [7, 11) is -3.37. The molecular formula is C28H29FN2O3S2. The number of fused-ring (bicyclic) bond motifs is 1.